The Hall–Kier alpha value is -2.18. The quantitative estimate of drug-likeness (QED) is 0.636. The first-order chi connectivity index (χ1) is 11.1. The SMILES string of the molecule is C[C@@H](CO)Nc1ccn2nc(-c3cccc(C#N)c3)c(I)c2n1. The summed E-state index contributed by atoms with van der Waals surface area (Å²) in [4.78, 5) is 4.56. The minimum atomic E-state index is -0.0719. The Kier molecular flexibility index (Phi) is 4.45. The molecule has 0 aliphatic carbocycles. The number of aliphatic hydroxyl groups excluding tert-OH is 1. The van der Waals surface area contributed by atoms with Gasteiger partial charge in [-0.15, -0.1) is 0 Å². The van der Waals surface area contributed by atoms with Crippen molar-refractivity contribution in [3.8, 4) is 17.3 Å². The van der Waals surface area contributed by atoms with Crippen LogP contribution in [-0.4, -0.2) is 32.4 Å². The number of rotatable bonds is 4. The number of aromatic nitrogens is 3. The zero-order valence-electron chi connectivity index (χ0n) is 12.4. The number of halogens is 1. The lowest BCUT2D eigenvalue weighted by molar-refractivity contribution is 0.281. The van der Waals surface area contributed by atoms with Crippen molar-refractivity contribution in [1.82, 2.24) is 14.6 Å². The van der Waals surface area contributed by atoms with Gasteiger partial charge >= 0.3 is 0 Å². The van der Waals surface area contributed by atoms with Crippen molar-refractivity contribution in [2.45, 2.75) is 13.0 Å². The van der Waals surface area contributed by atoms with Crippen molar-refractivity contribution in [3.63, 3.8) is 0 Å². The van der Waals surface area contributed by atoms with E-state index in [4.69, 9.17) is 10.4 Å². The van der Waals surface area contributed by atoms with Gasteiger partial charge in [0.05, 0.1) is 21.8 Å². The maximum Gasteiger partial charge on any atom is 0.171 e. The number of nitrogens with one attached hydrogen (secondary N) is 1. The van der Waals surface area contributed by atoms with Crippen LogP contribution in [0.2, 0.25) is 0 Å². The largest absolute Gasteiger partial charge is 0.394 e. The lowest BCUT2D eigenvalue weighted by Crippen LogP contribution is -2.20. The number of nitrogens with zero attached hydrogens (tertiary/aromatic N) is 4. The highest BCUT2D eigenvalue weighted by Crippen LogP contribution is 2.27. The first-order valence-electron chi connectivity index (χ1n) is 7.05. The Balaban J connectivity index is 2.06. The van der Waals surface area contributed by atoms with Crippen LogP contribution >= 0.6 is 22.6 Å². The monoisotopic (exact) mass is 419 g/mol. The van der Waals surface area contributed by atoms with Gasteiger partial charge in [-0.1, -0.05) is 12.1 Å². The van der Waals surface area contributed by atoms with E-state index >= 15 is 0 Å². The molecule has 3 aromatic rings. The molecule has 2 N–H and O–H groups in total. The van der Waals surface area contributed by atoms with Gasteiger partial charge in [0.2, 0.25) is 0 Å². The van der Waals surface area contributed by atoms with Crippen LogP contribution in [0.25, 0.3) is 16.9 Å². The topological polar surface area (TPSA) is 86.2 Å². The number of hydrogen-bond donors (Lipinski definition) is 2. The van der Waals surface area contributed by atoms with Gasteiger partial charge in [0, 0.05) is 17.8 Å². The van der Waals surface area contributed by atoms with Crippen LogP contribution in [0.5, 0.6) is 0 Å². The number of aliphatic hydroxyl groups is 1. The maximum atomic E-state index is 9.13. The van der Waals surface area contributed by atoms with Crippen molar-refractivity contribution in [1.29, 1.82) is 5.26 Å². The summed E-state index contributed by atoms with van der Waals surface area (Å²) < 4.78 is 2.63. The van der Waals surface area contributed by atoms with E-state index in [9.17, 15) is 0 Å². The van der Waals surface area contributed by atoms with E-state index in [1.54, 1.807) is 10.6 Å². The van der Waals surface area contributed by atoms with Crippen LogP contribution in [0, 0.1) is 14.9 Å². The van der Waals surface area contributed by atoms with Gasteiger partial charge in [0.1, 0.15) is 11.5 Å². The van der Waals surface area contributed by atoms with Crippen LogP contribution in [0.1, 0.15) is 12.5 Å². The molecule has 1 atom stereocenters. The molecule has 6 nitrogen and oxygen atoms in total. The highest BCUT2D eigenvalue weighted by atomic mass is 127. The van der Waals surface area contributed by atoms with E-state index < -0.39 is 0 Å². The molecule has 0 saturated heterocycles. The Morgan fingerprint density at radius 3 is 3.00 bits per heavy atom. The third-order valence-corrected chi connectivity index (χ3v) is 4.36. The molecule has 7 heteroatoms. The number of anilines is 1. The van der Waals surface area contributed by atoms with Crippen molar-refractivity contribution < 1.29 is 5.11 Å². The third kappa shape index (κ3) is 3.13. The average Bonchev–Trinajstić information content (AvgIpc) is 2.91. The predicted octanol–water partition coefficient (Wildman–Crippen LogP) is 2.67. The van der Waals surface area contributed by atoms with E-state index in [1.165, 1.54) is 0 Å². The van der Waals surface area contributed by atoms with Crippen molar-refractivity contribution in [3.05, 3.63) is 45.7 Å². The fourth-order valence-electron chi connectivity index (χ4n) is 2.20. The molecule has 0 amide bonds. The zero-order valence-corrected chi connectivity index (χ0v) is 14.5. The second-order valence-electron chi connectivity index (χ2n) is 5.16. The summed E-state index contributed by atoms with van der Waals surface area (Å²) in [6, 6.07) is 11.2. The molecule has 0 fully saturated rings. The van der Waals surface area contributed by atoms with Crippen LogP contribution in [-0.2, 0) is 0 Å². The standard InChI is InChI=1S/C16H14IN5O/c1-10(9-23)19-13-5-6-22-16(20-13)14(17)15(21-22)12-4-2-3-11(7-12)8-18/h2-7,10,23H,9H2,1H3,(H,19,20)/t10-/m0/s1. The number of fused-ring (bicyclic) bond motifs is 1. The first-order valence-corrected chi connectivity index (χ1v) is 8.13. The van der Waals surface area contributed by atoms with E-state index in [2.05, 4.69) is 44.1 Å². The second-order valence-corrected chi connectivity index (χ2v) is 6.24. The van der Waals surface area contributed by atoms with Gasteiger partial charge in [-0.25, -0.2) is 9.50 Å². The van der Waals surface area contributed by atoms with E-state index in [0.29, 0.717) is 11.4 Å². The molecule has 1 aromatic carbocycles. The molecule has 0 spiro atoms. The van der Waals surface area contributed by atoms with Gasteiger partial charge in [-0.3, -0.25) is 0 Å². The Labute approximate surface area is 146 Å². The zero-order chi connectivity index (χ0) is 16.4. The summed E-state index contributed by atoms with van der Waals surface area (Å²) in [6.07, 6.45) is 1.83. The Morgan fingerprint density at radius 2 is 2.26 bits per heavy atom. The lowest BCUT2D eigenvalue weighted by atomic mass is 10.1. The molecular formula is C16H14IN5O. The summed E-state index contributed by atoms with van der Waals surface area (Å²) >= 11 is 2.21. The first kappa shape index (κ1) is 15.7. The van der Waals surface area contributed by atoms with Gasteiger partial charge in [-0.2, -0.15) is 10.4 Å². The normalized spacial score (nSPS) is 12.1. The minimum Gasteiger partial charge on any atom is -0.394 e. The molecule has 0 aliphatic heterocycles. The smallest absolute Gasteiger partial charge is 0.171 e. The molecule has 3 rings (SSSR count). The summed E-state index contributed by atoms with van der Waals surface area (Å²) in [5.41, 5.74) is 3.01. The van der Waals surface area contributed by atoms with Gasteiger partial charge in [0.15, 0.2) is 5.65 Å². The number of hydrogen-bond acceptors (Lipinski definition) is 5. The van der Waals surface area contributed by atoms with Crippen LogP contribution < -0.4 is 5.32 Å². The molecule has 0 unspecified atom stereocenters. The molecule has 0 saturated carbocycles. The number of benzene rings is 1. The minimum absolute atomic E-state index is 0.0371. The molecule has 2 aromatic heterocycles. The summed E-state index contributed by atoms with van der Waals surface area (Å²) in [7, 11) is 0. The molecule has 0 aliphatic rings. The Bertz CT molecular complexity index is 899. The summed E-state index contributed by atoms with van der Waals surface area (Å²) in [6.45, 7) is 1.92. The van der Waals surface area contributed by atoms with E-state index in [1.807, 2.05) is 37.4 Å². The summed E-state index contributed by atoms with van der Waals surface area (Å²) in [5.74, 6) is 0.689. The van der Waals surface area contributed by atoms with Crippen LogP contribution in [0.15, 0.2) is 36.5 Å². The molecular weight excluding hydrogens is 405 g/mol. The van der Waals surface area contributed by atoms with Gasteiger partial charge in [-0.05, 0) is 47.7 Å². The maximum absolute atomic E-state index is 9.13. The highest BCUT2D eigenvalue weighted by Gasteiger charge is 2.14. The lowest BCUT2D eigenvalue weighted by Gasteiger charge is -2.11. The van der Waals surface area contributed by atoms with Gasteiger partial charge in [0.25, 0.3) is 0 Å². The fourth-order valence-corrected chi connectivity index (χ4v) is 2.99. The van der Waals surface area contributed by atoms with E-state index in [0.717, 1.165) is 20.5 Å². The van der Waals surface area contributed by atoms with Crippen molar-refractivity contribution in [2.75, 3.05) is 11.9 Å². The van der Waals surface area contributed by atoms with Gasteiger partial charge < -0.3 is 10.4 Å². The second kappa shape index (κ2) is 6.52. The predicted molar refractivity (Wildman–Crippen MR) is 96.0 cm³/mol. The van der Waals surface area contributed by atoms with Crippen LogP contribution in [0.4, 0.5) is 5.82 Å². The number of nitriles is 1. The summed E-state index contributed by atoms with van der Waals surface area (Å²) in [5, 5.41) is 25.9. The molecule has 0 bridgehead atoms. The fraction of sp³-hybridized carbons (Fsp3) is 0.188. The van der Waals surface area contributed by atoms with Crippen molar-refractivity contribution >= 4 is 34.1 Å². The Morgan fingerprint density at radius 1 is 1.43 bits per heavy atom. The highest BCUT2D eigenvalue weighted by molar-refractivity contribution is 14.1. The van der Waals surface area contributed by atoms with Crippen LogP contribution in [0.3, 0.4) is 0 Å². The van der Waals surface area contributed by atoms with Crippen molar-refractivity contribution in [2.24, 2.45) is 0 Å². The molecule has 0 radical (unpaired) electrons. The molecule has 23 heavy (non-hydrogen) atoms. The van der Waals surface area contributed by atoms with E-state index in [-0.39, 0.29) is 12.6 Å². The molecule has 2 heterocycles. The average molecular weight is 419 g/mol. The molecule has 116 valence electrons. The third-order valence-electron chi connectivity index (χ3n) is 3.36.